The van der Waals surface area contributed by atoms with Crippen molar-refractivity contribution in [1.29, 1.82) is 0 Å². The number of carbonyl (C=O) groups is 1. The van der Waals surface area contributed by atoms with E-state index >= 15 is 0 Å². The SMILES string of the molecule is Nc1ccc(OCCOc2ccc(-c3ccc(/C=C/C(=O)c4ccccc4)cc3)cc2)c(N)c1. The second-order valence-corrected chi connectivity index (χ2v) is 7.70. The van der Waals surface area contributed by atoms with Gasteiger partial charge in [0.15, 0.2) is 5.78 Å². The van der Waals surface area contributed by atoms with Gasteiger partial charge in [-0.3, -0.25) is 4.79 Å². The van der Waals surface area contributed by atoms with Crippen molar-refractivity contribution < 1.29 is 14.3 Å². The summed E-state index contributed by atoms with van der Waals surface area (Å²) in [6.07, 6.45) is 3.43. The zero-order valence-corrected chi connectivity index (χ0v) is 18.7. The van der Waals surface area contributed by atoms with Crippen LogP contribution in [0.25, 0.3) is 17.2 Å². The Kier molecular flexibility index (Phi) is 7.25. The van der Waals surface area contributed by atoms with Gasteiger partial charge in [-0.15, -0.1) is 0 Å². The first-order valence-electron chi connectivity index (χ1n) is 11.0. The molecule has 34 heavy (non-hydrogen) atoms. The smallest absolute Gasteiger partial charge is 0.185 e. The molecule has 0 atom stereocenters. The third-order valence-corrected chi connectivity index (χ3v) is 5.23. The molecule has 0 fully saturated rings. The van der Waals surface area contributed by atoms with Gasteiger partial charge in [-0.25, -0.2) is 0 Å². The highest BCUT2D eigenvalue weighted by Gasteiger charge is 2.03. The summed E-state index contributed by atoms with van der Waals surface area (Å²) < 4.78 is 11.4. The minimum absolute atomic E-state index is 0.0115. The van der Waals surface area contributed by atoms with Crippen molar-refractivity contribution in [2.45, 2.75) is 0 Å². The van der Waals surface area contributed by atoms with Gasteiger partial charge in [0.25, 0.3) is 0 Å². The highest BCUT2D eigenvalue weighted by molar-refractivity contribution is 6.06. The first-order valence-corrected chi connectivity index (χ1v) is 11.0. The van der Waals surface area contributed by atoms with E-state index in [-0.39, 0.29) is 5.78 Å². The molecule has 5 nitrogen and oxygen atoms in total. The van der Waals surface area contributed by atoms with Crippen LogP contribution < -0.4 is 20.9 Å². The molecule has 4 aromatic rings. The van der Waals surface area contributed by atoms with Gasteiger partial charge in [0.1, 0.15) is 24.7 Å². The van der Waals surface area contributed by atoms with Crippen LogP contribution in [0.5, 0.6) is 11.5 Å². The first kappa shape index (κ1) is 22.7. The van der Waals surface area contributed by atoms with Gasteiger partial charge in [0.2, 0.25) is 0 Å². The summed E-state index contributed by atoms with van der Waals surface area (Å²) in [6, 6.07) is 30.3. The number of allylic oxidation sites excluding steroid dienone is 1. The maximum Gasteiger partial charge on any atom is 0.185 e. The van der Waals surface area contributed by atoms with E-state index in [1.807, 2.05) is 84.9 Å². The highest BCUT2D eigenvalue weighted by atomic mass is 16.5. The van der Waals surface area contributed by atoms with Crippen molar-refractivity contribution in [1.82, 2.24) is 0 Å². The number of nitrogens with two attached hydrogens (primary N) is 2. The van der Waals surface area contributed by atoms with Crippen molar-refractivity contribution >= 4 is 23.2 Å². The van der Waals surface area contributed by atoms with Crippen LogP contribution in [-0.4, -0.2) is 19.0 Å². The van der Waals surface area contributed by atoms with Crippen LogP contribution in [-0.2, 0) is 0 Å². The standard InChI is InChI=1S/C29H26N2O3/c30-25-13-17-29(27(31)20-25)34-19-18-33-26-14-11-23(12-15-26)22-9-6-21(7-10-22)8-16-28(32)24-4-2-1-3-5-24/h1-17,20H,18-19,30-31H2/b16-8+. The van der Waals surface area contributed by atoms with E-state index in [0.717, 1.165) is 22.4 Å². The summed E-state index contributed by atoms with van der Waals surface area (Å²) in [7, 11) is 0. The number of nitrogen functional groups attached to an aromatic ring is 2. The normalized spacial score (nSPS) is 10.8. The lowest BCUT2D eigenvalue weighted by atomic mass is 10.0. The fraction of sp³-hybridized carbons (Fsp3) is 0.0690. The van der Waals surface area contributed by atoms with E-state index in [1.54, 1.807) is 24.3 Å². The predicted octanol–water partition coefficient (Wildman–Crippen LogP) is 5.87. The molecular formula is C29H26N2O3. The molecule has 4 N–H and O–H groups in total. The van der Waals surface area contributed by atoms with Gasteiger partial charge in [-0.1, -0.05) is 72.8 Å². The van der Waals surface area contributed by atoms with E-state index in [1.165, 1.54) is 0 Å². The van der Waals surface area contributed by atoms with Gasteiger partial charge in [-0.2, -0.15) is 0 Å². The lowest BCUT2D eigenvalue weighted by Gasteiger charge is -2.11. The van der Waals surface area contributed by atoms with Crippen LogP contribution >= 0.6 is 0 Å². The zero-order valence-electron chi connectivity index (χ0n) is 18.7. The molecule has 0 saturated carbocycles. The molecule has 0 heterocycles. The fourth-order valence-electron chi connectivity index (χ4n) is 3.41. The number of anilines is 2. The molecule has 0 unspecified atom stereocenters. The summed E-state index contributed by atoms with van der Waals surface area (Å²) >= 11 is 0. The van der Waals surface area contributed by atoms with Gasteiger partial charge in [0, 0.05) is 11.3 Å². The maximum atomic E-state index is 12.2. The number of hydrogen-bond donors (Lipinski definition) is 2. The Balaban J connectivity index is 1.28. The summed E-state index contributed by atoms with van der Waals surface area (Å²) in [4.78, 5) is 12.2. The summed E-state index contributed by atoms with van der Waals surface area (Å²) in [5.74, 6) is 1.34. The Morgan fingerprint density at radius 2 is 1.38 bits per heavy atom. The van der Waals surface area contributed by atoms with Crippen LogP contribution in [0, 0.1) is 0 Å². The third-order valence-electron chi connectivity index (χ3n) is 5.23. The molecule has 170 valence electrons. The van der Waals surface area contributed by atoms with Crippen molar-refractivity contribution in [2.75, 3.05) is 24.7 Å². The van der Waals surface area contributed by atoms with Crippen molar-refractivity contribution in [3.63, 3.8) is 0 Å². The third kappa shape index (κ3) is 6.04. The monoisotopic (exact) mass is 450 g/mol. The molecule has 0 spiro atoms. The van der Waals surface area contributed by atoms with Crippen LogP contribution in [0.4, 0.5) is 11.4 Å². The molecule has 5 heteroatoms. The average molecular weight is 451 g/mol. The van der Waals surface area contributed by atoms with E-state index in [4.69, 9.17) is 20.9 Å². The molecule has 0 saturated heterocycles. The van der Waals surface area contributed by atoms with Gasteiger partial charge in [-0.05, 0) is 53.1 Å². The van der Waals surface area contributed by atoms with E-state index in [0.29, 0.717) is 35.9 Å². The Morgan fingerprint density at radius 3 is 2.06 bits per heavy atom. The van der Waals surface area contributed by atoms with Crippen LogP contribution in [0.2, 0.25) is 0 Å². The lowest BCUT2D eigenvalue weighted by molar-refractivity contribution is 0.104. The lowest BCUT2D eigenvalue weighted by Crippen LogP contribution is -2.10. The fourth-order valence-corrected chi connectivity index (χ4v) is 3.41. The van der Waals surface area contributed by atoms with Crippen molar-refractivity contribution in [3.8, 4) is 22.6 Å². The Bertz CT molecular complexity index is 1270. The van der Waals surface area contributed by atoms with E-state index < -0.39 is 0 Å². The van der Waals surface area contributed by atoms with Gasteiger partial charge >= 0.3 is 0 Å². The Hall–Kier alpha value is -4.51. The summed E-state index contributed by atoms with van der Waals surface area (Å²) in [6.45, 7) is 0.767. The molecule has 0 aromatic heterocycles. The van der Waals surface area contributed by atoms with Crippen molar-refractivity contribution in [3.05, 3.63) is 114 Å². The quantitative estimate of drug-likeness (QED) is 0.144. The molecule has 0 aliphatic heterocycles. The largest absolute Gasteiger partial charge is 0.490 e. The molecule has 0 amide bonds. The number of hydrogen-bond acceptors (Lipinski definition) is 5. The van der Waals surface area contributed by atoms with Crippen molar-refractivity contribution in [2.24, 2.45) is 0 Å². The average Bonchev–Trinajstić information content (AvgIpc) is 2.87. The second kappa shape index (κ2) is 10.9. The Morgan fingerprint density at radius 1 is 0.735 bits per heavy atom. The minimum atomic E-state index is -0.0115. The molecule has 0 aliphatic rings. The number of ether oxygens (including phenoxy) is 2. The molecule has 4 rings (SSSR count). The van der Waals surface area contributed by atoms with Crippen LogP contribution in [0.15, 0.2) is 103 Å². The number of rotatable bonds is 9. The van der Waals surface area contributed by atoms with Gasteiger partial charge < -0.3 is 20.9 Å². The maximum absolute atomic E-state index is 12.2. The van der Waals surface area contributed by atoms with Gasteiger partial charge in [0.05, 0.1) is 5.69 Å². The second-order valence-electron chi connectivity index (χ2n) is 7.70. The zero-order chi connectivity index (χ0) is 23.8. The summed E-state index contributed by atoms with van der Waals surface area (Å²) in [5.41, 5.74) is 16.5. The molecule has 0 bridgehead atoms. The molecule has 4 aromatic carbocycles. The predicted molar refractivity (Wildman–Crippen MR) is 138 cm³/mol. The molecule has 0 aliphatic carbocycles. The van der Waals surface area contributed by atoms with Crippen LogP contribution in [0.1, 0.15) is 15.9 Å². The Labute approximate surface area is 199 Å². The highest BCUT2D eigenvalue weighted by Crippen LogP contribution is 2.25. The number of carbonyl (C=O) groups excluding carboxylic acids is 1. The van der Waals surface area contributed by atoms with E-state index in [2.05, 4.69) is 0 Å². The number of benzene rings is 4. The molecular weight excluding hydrogens is 424 g/mol. The summed E-state index contributed by atoms with van der Waals surface area (Å²) in [5, 5.41) is 0. The molecule has 0 radical (unpaired) electrons. The van der Waals surface area contributed by atoms with E-state index in [9.17, 15) is 4.79 Å². The number of ketones is 1. The first-order chi connectivity index (χ1) is 16.6. The van der Waals surface area contributed by atoms with Crippen LogP contribution in [0.3, 0.4) is 0 Å². The minimum Gasteiger partial charge on any atom is -0.490 e. The topological polar surface area (TPSA) is 87.6 Å².